The molecule has 0 radical (unpaired) electrons. The van der Waals surface area contributed by atoms with Gasteiger partial charge in [-0.3, -0.25) is 14.3 Å². The van der Waals surface area contributed by atoms with Gasteiger partial charge < -0.3 is 19.1 Å². The first-order chi connectivity index (χ1) is 19.3. The lowest BCUT2D eigenvalue weighted by Crippen LogP contribution is -2.47. The molecule has 2 fully saturated rings. The minimum Gasteiger partial charge on any atom is -0.497 e. The number of hydrogen-bond donors (Lipinski definition) is 1. The van der Waals surface area contributed by atoms with Crippen molar-refractivity contribution in [3.8, 4) is 5.75 Å². The Morgan fingerprint density at radius 2 is 1.73 bits per heavy atom. The van der Waals surface area contributed by atoms with Gasteiger partial charge in [0.25, 0.3) is 21.5 Å². The van der Waals surface area contributed by atoms with E-state index in [0.29, 0.717) is 49.7 Å². The molecule has 1 N–H and O–H groups in total. The number of anilines is 2. The van der Waals surface area contributed by atoms with Crippen molar-refractivity contribution in [2.24, 2.45) is 5.92 Å². The van der Waals surface area contributed by atoms with Crippen LogP contribution in [0.5, 0.6) is 5.75 Å². The molecule has 2 atom stereocenters. The highest BCUT2D eigenvalue weighted by atomic mass is 32.2. The zero-order valence-corrected chi connectivity index (χ0v) is 23.4. The minimum atomic E-state index is -3.94. The first kappa shape index (κ1) is 26.4. The molecule has 0 aliphatic carbocycles. The Kier molecular flexibility index (Phi) is 7.04. The lowest BCUT2D eigenvalue weighted by molar-refractivity contribution is 0.0724. The number of nitrogens with one attached hydrogen (secondary N) is 1. The van der Waals surface area contributed by atoms with Gasteiger partial charge in [-0.2, -0.15) is 0 Å². The fourth-order valence-electron chi connectivity index (χ4n) is 6.36. The largest absolute Gasteiger partial charge is 0.497 e. The van der Waals surface area contributed by atoms with Gasteiger partial charge in [0, 0.05) is 56.0 Å². The second-order valence-electron chi connectivity index (χ2n) is 11.0. The summed E-state index contributed by atoms with van der Waals surface area (Å²) in [4.78, 5) is 30.0. The molecule has 2 bridgehead atoms. The highest BCUT2D eigenvalue weighted by Gasteiger charge is 2.36. The summed E-state index contributed by atoms with van der Waals surface area (Å²) in [5.41, 5.74) is 2.62. The molecule has 2 unspecified atom stereocenters. The Bertz CT molecular complexity index is 1580. The Labute approximate surface area is 234 Å². The summed E-state index contributed by atoms with van der Waals surface area (Å²) in [6, 6.07) is 17.0. The number of rotatable bonds is 6. The van der Waals surface area contributed by atoms with E-state index in [-0.39, 0.29) is 28.2 Å². The number of ether oxygens (including phenoxy) is 1. The second-order valence-corrected chi connectivity index (χ2v) is 12.7. The maximum Gasteiger partial charge on any atom is 0.261 e. The van der Waals surface area contributed by atoms with Gasteiger partial charge in [0.2, 0.25) is 0 Å². The van der Waals surface area contributed by atoms with Crippen molar-refractivity contribution in [2.45, 2.75) is 43.0 Å². The summed E-state index contributed by atoms with van der Waals surface area (Å²) in [5.74, 6) is 0.891. The van der Waals surface area contributed by atoms with Crippen molar-refractivity contribution < 1.29 is 17.9 Å². The normalized spacial score (nSPS) is 20.5. The van der Waals surface area contributed by atoms with Crippen LogP contribution >= 0.6 is 0 Å². The number of fused-ring (bicyclic) bond motifs is 4. The molecule has 9 nitrogen and oxygen atoms in total. The number of methoxy groups -OCH3 is 1. The third-order valence-corrected chi connectivity index (χ3v) is 9.70. The molecule has 3 aromatic rings. The number of amides is 1. The van der Waals surface area contributed by atoms with Crippen LogP contribution in [0.1, 0.15) is 47.7 Å². The number of likely N-dealkylation sites (tertiary alicyclic amines) is 1. The molecule has 6 rings (SSSR count). The molecule has 1 amide bonds. The molecule has 0 saturated carbocycles. The van der Waals surface area contributed by atoms with Crippen molar-refractivity contribution in [2.75, 3.05) is 42.9 Å². The second kappa shape index (κ2) is 10.6. The van der Waals surface area contributed by atoms with Crippen molar-refractivity contribution in [3.05, 3.63) is 82.3 Å². The zero-order chi connectivity index (χ0) is 27.9. The summed E-state index contributed by atoms with van der Waals surface area (Å²) in [6.07, 6.45) is 4.05. The Balaban J connectivity index is 1.36. The predicted molar refractivity (Wildman–Crippen MR) is 154 cm³/mol. The molecule has 3 aliphatic rings. The lowest BCUT2D eigenvalue weighted by atomic mass is 9.83. The SMILES string of the molecule is COc1ccc(S(=O)(=O)Nc2cc(C(=O)N3CCCCC3)ccc2N2CC3CC(C2)c2cccc(=O)n2C3)cc1. The van der Waals surface area contributed by atoms with Gasteiger partial charge in [-0.15, -0.1) is 0 Å². The molecule has 3 aliphatic heterocycles. The average Bonchev–Trinajstić information content (AvgIpc) is 2.97. The summed E-state index contributed by atoms with van der Waals surface area (Å²) in [5, 5.41) is 0. The highest BCUT2D eigenvalue weighted by Crippen LogP contribution is 2.40. The van der Waals surface area contributed by atoms with E-state index in [2.05, 4.69) is 9.62 Å². The third-order valence-electron chi connectivity index (χ3n) is 8.32. The standard InChI is InChI=1S/C30H34N4O5S/c1-39-24-9-11-25(12-10-24)40(37,38)31-26-17-22(30(36)32-14-3-2-4-15-32)8-13-28(26)33-18-21-16-23(20-33)27-6-5-7-29(35)34(27)19-21/h5-13,17,21,23,31H,2-4,14-16,18-20H2,1H3. The summed E-state index contributed by atoms with van der Waals surface area (Å²) < 4.78 is 36.9. The maximum absolute atomic E-state index is 13.5. The van der Waals surface area contributed by atoms with Crippen molar-refractivity contribution in [1.82, 2.24) is 9.47 Å². The number of pyridine rings is 1. The molecule has 1 aromatic heterocycles. The van der Waals surface area contributed by atoms with Crippen LogP contribution in [0.3, 0.4) is 0 Å². The number of carbonyl (C=O) groups is 1. The summed E-state index contributed by atoms with van der Waals surface area (Å²) in [6.45, 7) is 3.40. The Morgan fingerprint density at radius 1 is 0.950 bits per heavy atom. The van der Waals surface area contributed by atoms with E-state index in [1.807, 2.05) is 27.7 Å². The van der Waals surface area contributed by atoms with Crippen molar-refractivity contribution >= 4 is 27.3 Å². The van der Waals surface area contributed by atoms with E-state index in [1.54, 1.807) is 30.3 Å². The molecular formula is C30H34N4O5S. The molecule has 0 spiro atoms. The Hall–Kier alpha value is -3.79. The number of aromatic nitrogens is 1. The Morgan fingerprint density at radius 3 is 2.48 bits per heavy atom. The van der Waals surface area contributed by atoms with Crippen molar-refractivity contribution in [3.63, 3.8) is 0 Å². The van der Waals surface area contributed by atoms with Gasteiger partial charge in [0.1, 0.15) is 5.75 Å². The van der Waals surface area contributed by atoms with E-state index in [1.165, 1.54) is 19.2 Å². The topological polar surface area (TPSA) is 101 Å². The average molecular weight is 563 g/mol. The third kappa shape index (κ3) is 5.08. The fourth-order valence-corrected chi connectivity index (χ4v) is 7.42. The van der Waals surface area contributed by atoms with Gasteiger partial charge in [-0.05, 0) is 80.1 Å². The van der Waals surface area contributed by atoms with Crippen LogP contribution in [0.4, 0.5) is 11.4 Å². The van der Waals surface area contributed by atoms with E-state index in [4.69, 9.17) is 4.74 Å². The number of sulfonamides is 1. The van der Waals surface area contributed by atoms with Crippen LogP contribution in [0.2, 0.25) is 0 Å². The van der Waals surface area contributed by atoms with Crippen LogP contribution in [0, 0.1) is 5.92 Å². The van der Waals surface area contributed by atoms with Crippen LogP contribution < -0.4 is 19.9 Å². The van der Waals surface area contributed by atoms with Gasteiger partial charge in [-0.1, -0.05) is 6.07 Å². The zero-order valence-electron chi connectivity index (χ0n) is 22.6. The van der Waals surface area contributed by atoms with Gasteiger partial charge >= 0.3 is 0 Å². The lowest BCUT2D eigenvalue weighted by Gasteiger charge is -2.44. The molecule has 2 saturated heterocycles. The van der Waals surface area contributed by atoms with Crippen LogP contribution in [-0.4, -0.2) is 57.1 Å². The fraction of sp³-hybridized carbons (Fsp3) is 0.400. The molecular weight excluding hydrogens is 528 g/mol. The maximum atomic E-state index is 13.5. The summed E-state index contributed by atoms with van der Waals surface area (Å²) >= 11 is 0. The monoisotopic (exact) mass is 562 g/mol. The van der Waals surface area contributed by atoms with Gasteiger partial charge in [0.05, 0.1) is 23.4 Å². The van der Waals surface area contributed by atoms with Crippen LogP contribution in [0.25, 0.3) is 0 Å². The van der Waals surface area contributed by atoms with E-state index >= 15 is 0 Å². The number of carbonyl (C=O) groups excluding carboxylic acids is 1. The first-order valence-corrected chi connectivity index (χ1v) is 15.4. The number of piperidine rings is 2. The highest BCUT2D eigenvalue weighted by molar-refractivity contribution is 7.92. The predicted octanol–water partition coefficient (Wildman–Crippen LogP) is 3.91. The first-order valence-electron chi connectivity index (χ1n) is 13.9. The molecule has 10 heteroatoms. The minimum absolute atomic E-state index is 0.0224. The van der Waals surface area contributed by atoms with E-state index in [9.17, 15) is 18.0 Å². The molecule has 4 heterocycles. The smallest absolute Gasteiger partial charge is 0.261 e. The molecule has 2 aromatic carbocycles. The quantitative estimate of drug-likeness (QED) is 0.489. The number of nitrogens with zero attached hydrogens (tertiary/aromatic N) is 3. The van der Waals surface area contributed by atoms with Gasteiger partial charge in [-0.25, -0.2) is 8.42 Å². The number of benzene rings is 2. The van der Waals surface area contributed by atoms with Gasteiger partial charge in [0.15, 0.2) is 0 Å². The molecule has 40 heavy (non-hydrogen) atoms. The number of hydrogen-bond acceptors (Lipinski definition) is 6. The van der Waals surface area contributed by atoms with Crippen molar-refractivity contribution in [1.29, 1.82) is 0 Å². The van der Waals surface area contributed by atoms with E-state index < -0.39 is 10.0 Å². The van der Waals surface area contributed by atoms with Crippen LogP contribution in [0.15, 0.2) is 70.4 Å². The summed E-state index contributed by atoms with van der Waals surface area (Å²) in [7, 11) is -2.41. The van der Waals surface area contributed by atoms with Crippen LogP contribution in [-0.2, 0) is 16.6 Å². The molecule has 210 valence electrons. The van der Waals surface area contributed by atoms with E-state index in [0.717, 1.165) is 37.1 Å².